The lowest BCUT2D eigenvalue weighted by molar-refractivity contribution is -0.137. The molecule has 29 heavy (non-hydrogen) atoms. The van der Waals surface area contributed by atoms with Crippen molar-refractivity contribution in [2.24, 2.45) is 11.8 Å². The maximum atomic E-state index is 13.6. The number of hydrogen-bond acceptors (Lipinski definition) is 3. The van der Waals surface area contributed by atoms with Crippen LogP contribution >= 0.6 is 0 Å². The average Bonchev–Trinajstić information content (AvgIpc) is 2.74. The van der Waals surface area contributed by atoms with Crippen molar-refractivity contribution in [1.29, 1.82) is 0 Å². The van der Waals surface area contributed by atoms with E-state index in [0.717, 1.165) is 11.1 Å². The summed E-state index contributed by atoms with van der Waals surface area (Å²) < 4.78 is 10.9. The van der Waals surface area contributed by atoms with Gasteiger partial charge in [-0.25, -0.2) is 0 Å². The molecule has 2 aromatic rings. The van der Waals surface area contributed by atoms with E-state index in [-0.39, 0.29) is 23.8 Å². The molecule has 0 saturated heterocycles. The summed E-state index contributed by atoms with van der Waals surface area (Å²) in [7, 11) is 3.23. The smallest absolute Gasteiger partial charge is 0.230 e. The Morgan fingerprint density at radius 2 is 1.72 bits per heavy atom. The molecular formula is C25H31NO3. The predicted molar refractivity (Wildman–Crippen MR) is 118 cm³/mol. The second kappa shape index (κ2) is 10.5. The van der Waals surface area contributed by atoms with E-state index < -0.39 is 0 Å². The summed E-state index contributed by atoms with van der Waals surface area (Å²) in [5, 5.41) is 0. The molecule has 0 aliphatic rings. The zero-order valence-corrected chi connectivity index (χ0v) is 17.8. The molecule has 0 radical (unpaired) electrons. The number of hydrogen-bond donors (Lipinski definition) is 0. The van der Waals surface area contributed by atoms with Crippen LogP contribution < -0.4 is 9.47 Å². The standard InChI is InChI=1S/C25H31NO3/c1-7-22(18(3)4)25(27)26(23(8-2)19-12-10-9-11-13-19)17-20-14-15-21(28-5)16-24(20)29-6/h7-16,18,22-23H,1-2,17H2,3-6H3/t22-,23-/m1/s1. The summed E-state index contributed by atoms with van der Waals surface area (Å²) in [6, 6.07) is 15.3. The van der Waals surface area contributed by atoms with Gasteiger partial charge in [0.05, 0.1) is 32.7 Å². The minimum atomic E-state index is -0.287. The van der Waals surface area contributed by atoms with Crippen molar-refractivity contribution >= 4 is 5.91 Å². The molecule has 4 nitrogen and oxygen atoms in total. The molecule has 0 aliphatic heterocycles. The van der Waals surface area contributed by atoms with Gasteiger partial charge in [-0.15, -0.1) is 13.2 Å². The monoisotopic (exact) mass is 393 g/mol. The van der Waals surface area contributed by atoms with Gasteiger partial charge in [-0.2, -0.15) is 0 Å². The fourth-order valence-corrected chi connectivity index (χ4v) is 3.42. The van der Waals surface area contributed by atoms with E-state index in [2.05, 4.69) is 13.2 Å². The van der Waals surface area contributed by atoms with Crippen molar-refractivity contribution in [1.82, 2.24) is 4.90 Å². The zero-order chi connectivity index (χ0) is 21.4. The fourth-order valence-electron chi connectivity index (χ4n) is 3.42. The molecule has 154 valence electrons. The number of methoxy groups -OCH3 is 2. The van der Waals surface area contributed by atoms with Gasteiger partial charge in [0, 0.05) is 11.6 Å². The Morgan fingerprint density at radius 3 is 2.24 bits per heavy atom. The molecule has 1 amide bonds. The third-order valence-corrected chi connectivity index (χ3v) is 5.08. The number of ether oxygens (including phenoxy) is 2. The van der Waals surface area contributed by atoms with Gasteiger partial charge in [-0.3, -0.25) is 4.79 Å². The lowest BCUT2D eigenvalue weighted by Crippen LogP contribution is -2.39. The minimum absolute atomic E-state index is 0.0154. The minimum Gasteiger partial charge on any atom is -0.497 e. The van der Waals surface area contributed by atoms with Crippen molar-refractivity contribution in [3.05, 3.63) is 85.0 Å². The van der Waals surface area contributed by atoms with Crippen LogP contribution in [0.25, 0.3) is 0 Å². The van der Waals surface area contributed by atoms with Crippen molar-refractivity contribution in [3.63, 3.8) is 0 Å². The fraction of sp³-hybridized carbons (Fsp3) is 0.320. The van der Waals surface area contributed by atoms with Gasteiger partial charge in [0.2, 0.25) is 5.91 Å². The molecular weight excluding hydrogens is 362 g/mol. The normalized spacial score (nSPS) is 12.7. The van der Waals surface area contributed by atoms with E-state index in [9.17, 15) is 4.79 Å². The summed E-state index contributed by atoms with van der Waals surface area (Å²) in [4.78, 5) is 15.4. The first-order valence-corrected chi connectivity index (χ1v) is 9.78. The van der Waals surface area contributed by atoms with E-state index in [4.69, 9.17) is 9.47 Å². The van der Waals surface area contributed by atoms with Crippen LogP contribution in [0.2, 0.25) is 0 Å². The highest BCUT2D eigenvalue weighted by molar-refractivity contribution is 5.81. The Labute approximate surface area is 174 Å². The third-order valence-electron chi connectivity index (χ3n) is 5.08. The summed E-state index contributed by atoms with van der Waals surface area (Å²) in [6.45, 7) is 12.3. The molecule has 0 bridgehead atoms. The number of amides is 1. The van der Waals surface area contributed by atoms with Crippen LogP contribution in [0, 0.1) is 11.8 Å². The maximum absolute atomic E-state index is 13.6. The molecule has 2 atom stereocenters. The molecule has 0 aliphatic carbocycles. The number of benzene rings is 2. The summed E-state index contributed by atoms with van der Waals surface area (Å²) >= 11 is 0. The molecule has 2 aromatic carbocycles. The lowest BCUT2D eigenvalue weighted by Gasteiger charge is -2.34. The Bertz CT molecular complexity index is 829. The zero-order valence-electron chi connectivity index (χ0n) is 17.8. The van der Waals surface area contributed by atoms with E-state index in [1.54, 1.807) is 20.3 Å². The molecule has 0 fully saturated rings. The summed E-state index contributed by atoms with van der Waals surface area (Å²) in [5.74, 6) is 1.25. The van der Waals surface area contributed by atoms with Gasteiger partial charge in [0.15, 0.2) is 0 Å². The number of rotatable bonds is 10. The molecule has 0 unspecified atom stereocenters. The van der Waals surface area contributed by atoms with Gasteiger partial charge in [0.25, 0.3) is 0 Å². The van der Waals surface area contributed by atoms with Gasteiger partial charge in [0.1, 0.15) is 11.5 Å². The number of nitrogens with zero attached hydrogens (tertiary/aromatic N) is 1. The highest BCUT2D eigenvalue weighted by atomic mass is 16.5. The first-order valence-electron chi connectivity index (χ1n) is 9.78. The van der Waals surface area contributed by atoms with Crippen molar-refractivity contribution in [2.75, 3.05) is 14.2 Å². The van der Waals surface area contributed by atoms with Crippen LogP contribution in [0.5, 0.6) is 11.5 Å². The Hall–Kier alpha value is -3.01. The third kappa shape index (κ3) is 5.29. The molecule has 4 heteroatoms. The van der Waals surface area contributed by atoms with Crippen LogP contribution in [-0.4, -0.2) is 25.0 Å². The molecule has 0 heterocycles. The van der Waals surface area contributed by atoms with Crippen LogP contribution in [0.3, 0.4) is 0 Å². The van der Waals surface area contributed by atoms with Gasteiger partial charge in [-0.1, -0.05) is 56.3 Å². The van der Waals surface area contributed by atoms with Crippen LogP contribution in [-0.2, 0) is 11.3 Å². The molecule has 0 aromatic heterocycles. The van der Waals surface area contributed by atoms with E-state index in [0.29, 0.717) is 18.0 Å². The van der Waals surface area contributed by atoms with Gasteiger partial charge >= 0.3 is 0 Å². The number of carbonyl (C=O) groups is 1. The molecule has 0 N–H and O–H groups in total. The van der Waals surface area contributed by atoms with Crippen LogP contribution in [0.15, 0.2) is 73.8 Å². The topological polar surface area (TPSA) is 38.8 Å². The van der Waals surface area contributed by atoms with E-state index in [1.807, 2.05) is 73.4 Å². The molecule has 2 rings (SSSR count). The maximum Gasteiger partial charge on any atom is 0.230 e. The summed E-state index contributed by atoms with van der Waals surface area (Å²) in [6.07, 6.45) is 3.54. The van der Waals surface area contributed by atoms with Crippen LogP contribution in [0.4, 0.5) is 0 Å². The average molecular weight is 394 g/mol. The lowest BCUT2D eigenvalue weighted by atomic mass is 9.92. The Morgan fingerprint density at radius 1 is 1.03 bits per heavy atom. The highest BCUT2D eigenvalue weighted by Crippen LogP contribution is 2.32. The van der Waals surface area contributed by atoms with E-state index in [1.165, 1.54) is 0 Å². The SMILES string of the molecule is C=C[C@H](c1ccccc1)N(Cc1ccc(OC)cc1OC)C(=O)[C@H](C=C)C(C)C. The Balaban J connectivity index is 2.51. The highest BCUT2D eigenvalue weighted by Gasteiger charge is 2.30. The molecule has 0 saturated carbocycles. The van der Waals surface area contributed by atoms with Crippen molar-refractivity contribution < 1.29 is 14.3 Å². The first-order chi connectivity index (χ1) is 14.0. The quantitative estimate of drug-likeness (QED) is 0.506. The van der Waals surface area contributed by atoms with Crippen LogP contribution in [0.1, 0.15) is 31.0 Å². The Kier molecular flexibility index (Phi) is 8.08. The number of carbonyl (C=O) groups excluding carboxylic acids is 1. The summed E-state index contributed by atoms with van der Waals surface area (Å²) in [5.41, 5.74) is 1.91. The first kappa shape index (κ1) is 22.3. The van der Waals surface area contributed by atoms with Gasteiger partial charge in [-0.05, 0) is 23.6 Å². The van der Waals surface area contributed by atoms with Crippen molar-refractivity contribution in [2.45, 2.75) is 26.4 Å². The second-order valence-corrected chi connectivity index (χ2v) is 7.24. The van der Waals surface area contributed by atoms with Gasteiger partial charge < -0.3 is 14.4 Å². The molecule has 0 spiro atoms. The second-order valence-electron chi connectivity index (χ2n) is 7.24. The van der Waals surface area contributed by atoms with Crippen molar-refractivity contribution in [3.8, 4) is 11.5 Å². The largest absolute Gasteiger partial charge is 0.497 e. The van der Waals surface area contributed by atoms with E-state index >= 15 is 0 Å². The predicted octanol–water partition coefficient (Wildman–Crippen LogP) is 5.42.